The number of rotatable bonds is 8. The van der Waals surface area contributed by atoms with Crippen LogP contribution in [0.25, 0.3) is 0 Å². The molecule has 2 N–H and O–H groups in total. The van der Waals surface area contributed by atoms with E-state index in [0.717, 1.165) is 0 Å². The molecule has 0 aromatic heterocycles. The molecule has 0 aliphatic rings. The Hall–Kier alpha value is -2.58. The van der Waals surface area contributed by atoms with Crippen molar-refractivity contribution in [3.05, 3.63) is 53.6 Å². The first-order valence-electron chi connectivity index (χ1n) is 8.45. The first kappa shape index (κ1) is 20.7. The van der Waals surface area contributed by atoms with E-state index in [2.05, 4.69) is 10.0 Å². The van der Waals surface area contributed by atoms with E-state index in [1.54, 1.807) is 26.0 Å². The summed E-state index contributed by atoms with van der Waals surface area (Å²) >= 11 is 0. The van der Waals surface area contributed by atoms with Crippen molar-refractivity contribution in [2.45, 2.75) is 24.8 Å². The molecule has 2 rings (SSSR count). The first-order chi connectivity index (χ1) is 12.8. The van der Waals surface area contributed by atoms with Crippen LogP contribution < -0.4 is 19.5 Å². The minimum Gasteiger partial charge on any atom is -0.496 e. The van der Waals surface area contributed by atoms with Crippen LogP contribution in [0.5, 0.6) is 11.5 Å². The highest BCUT2D eigenvalue weighted by molar-refractivity contribution is 7.89. The summed E-state index contributed by atoms with van der Waals surface area (Å²) in [6.07, 6.45) is 0. The van der Waals surface area contributed by atoms with Gasteiger partial charge in [0.1, 0.15) is 11.5 Å². The second-order valence-corrected chi connectivity index (χ2v) is 7.52. The summed E-state index contributed by atoms with van der Waals surface area (Å²) in [7, 11) is -0.915. The van der Waals surface area contributed by atoms with Crippen LogP contribution in [0, 0.1) is 0 Å². The topological polar surface area (TPSA) is 93.7 Å². The minimum absolute atomic E-state index is 0.0219. The molecule has 8 heteroatoms. The van der Waals surface area contributed by atoms with Gasteiger partial charge in [0.05, 0.1) is 24.7 Å². The van der Waals surface area contributed by atoms with Gasteiger partial charge in [0.2, 0.25) is 10.0 Å². The molecule has 0 aliphatic heterocycles. The van der Waals surface area contributed by atoms with Crippen molar-refractivity contribution < 1.29 is 22.7 Å². The number of para-hydroxylation sites is 1. The van der Waals surface area contributed by atoms with Crippen molar-refractivity contribution in [2.75, 3.05) is 20.8 Å². The van der Waals surface area contributed by atoms with Crippen LogP contribution in [0.3, 0.4) is 0 Å². The standard InChI is InChI=1S/C19H24N2O5S/c1-5-20-19(22)16-12-14(10-11-18(16)26-4)27(23,24)21-13(2)15-8-6-7-9-17(15)25-3/h6-13,21H,5H2,1-4H3,(H,20,22)/t13-/m0/s1. The molecular formula is C19H24N2O5S. The van der Waals surface area contributed by atoms with Gasteiger partial charge in [0, 0.05) is 18.2 Å². The van der Waals surface area contributed by atoms with Crippen LogP contribution in [-0.4, -0.2) is 35.1 Å². The number of ether oxygens (including phenoxy) is 2. The third-order valence-electron chi connectivity index (χ3n) is 4.00. The van der Waals surface area contributed by atoms with Crippen molar-refractivity contribution in [2.24, 2.45) is 0 Å². The monoisotopic (exact) mass is 392 g/mol. The molecule has 0 aliphatic carbocycles. The number of amides is 1. The van der Waals surface area contributed by atoms with Crippen molar-refractivity contribution >= 4 is 15.9 Å². The maximum Gasteiger partial charge on any atom is 0.255 e. The molecule has 2 aromatic carbocycles. The van der Waals surface area contributed by atoms with Gasteiger partial charge in [0.25, 0.3) is 5.91 Å². The molecule has 0 unspecified atom stereocenters. The molecule has 0 saturated carbocycles. The lowest BCUT2D eigenvalue weighted by molar-refractivity contribution is 0.0952. The molecule has 0 saturated heterocycles. The second kappa shape index (κ2) is 8.88. The highest BCUT2D eigenvalue weighted by Gasteiger charge is 2.23. The van der Waals surface area contributed by atoms with E-state index in [1.807, 2.05) is 12.1 Å². The molecule has 1 amide bonds. The molecule has 0 heterocycles. The average molecular weight is 392 g/mol. The number of nitrogens with one attached hydrogen (secondary N) is 2. The summed E-state index contributed by atoms with van der Waals surface area (Å²) in [5.74, 6) is 0.493. The Balaban J connectivity index is 2.36. The van der Waals surface area contributed by atoms with E-state index < -0.39 is 22.0 Å². The molecular weight excluding hydrogens is 368 g/mol. The minimum atomic E-state index is -3.87. The van der Waals surface area contributed by atoms with Crippen molar-refractivity contribution in [1.29, 1.82) is 0 Å². The molecule has 27 heavy (non-hydrogen) atoms. The Kier molecular flexibility index (Phi) is 6.81. The molecule has 7 nitrogen and oxygen atoms in total. The number of methoxy groups -OCH3 is 2. The maximum absolute atomic E-state index is 12.8. The Labute approximate surface area is 159 Å². The third-order valence-corrected chi connectivity index (χ3v) is 5.54. The van der Waals surface area contributed by atoms with Crippen LogP contribution in [0.2, 0.25) is 0 Å². The largest absolute Gasteiger partial charge is 0.496 e. The molecule has 0 fully saturated rings. The van der Waals surface area contributed by atoms with E-state index in [4.69, 9.17) is 9.47 Å². The summed E-state index contributed by atoms with van der Waals surface area (Å²) in [4.78, 5) is 12.2. The summed E-state index contributed by atoms with van der Waals surface area (Å²) < 4.78 is 38.7. The van der Waals surface area contributed by atoms with Crippen LogP contribution in [0.15, 0.2) is 47.4 Å². The predicted molar refractivity (Wildman–Crippen MR) is 103 cm³/mol. The molecule has 2 aromatic rings. The Morgan fingerprint density at radius 2 is 1.74 bits per heavy atom. The average Bonchev–Trinajstić information content (AvgIpc) is 2.67. The van der Waals surface area contributed by atoms with Gasteiger partial charge in [-0.1, -0.05) is 18.2 Å². The molecule has 0 spiro atoms. The van der Waals surface area contributed by atoms with E-state index in [0.29, 0.717) is 23.6 Å². The van der Waals surface area contributed by atoms with Crippen LogP contribution >= 0.6 is 0 Å². The first-order valence-corrected chi connectivity index (χ1v) is 9.93. The van der Waals surface area contributed by atoms with E-state index in [-0.39, 0.29) is 10.5 Å². The normalized spacial score (nSPS) is 12.3. The van der Waals surface area contributed by atoms with Gasteiger partial charge in [-0.3, -0.25) is 4.79 Å². The van der Waals surface area contributed by atoms with Gasteiger partial charge >= 0.3 is 0 Å². The summed E-state index contributed by atoms with van der Waals surface area (Å²) in [5.41, 5.74) is 0.869. The van der Waals surface area contributed by atoms with E-state index in [9.17, 15) is 13.2 Å². The lowest BCUT2D eigenvalue weighted by Gasteiger charge is -2.18. The van der Waals surface area contributed by atoms with E-state index >= 15 is 0 Å². The number of benzene rings is 2. The van der Waals surface area contributed by atoms with Crippen molar-refractivity contribution in [3.8, 4) is 11.5 Å². The summed E-state index contributed by atoms with van der Waals surface area (Å²) in [6, 6.07) is 10.8. The van der Waals surface area contributed by atoms with Gasteiger partial charge in [-0.25, -0.2) is 13.1 Å². The lowest BCUT2D eigenvalue weighted by atomic mass is 10.1. The maximum atomic E-state index is 12.8. The number of hydrogen-bond acceptors (Lipinski definition) is 5. The molecule has 0 bridgehead atoms. The molecule has 1 atom stereocenters. The van der Waals surface area contributed by atoms with Gasteiger partial charge in [-0.15, -0.1) is 0 Å². The Morgan fingerprint density at radius 1 is 1.07 bits per heavy atom. The summed E-state index contributed by atoms with van der Waals surface area (Å²) in [5, 5.41) is 2.65. The highest BCUT2D eigenvalue weighted by Crippen LogP contribution is 2.27. The zero-order chi connectivity index (χ0) is 20.0. The predicted octanol–water partition coefficient (Wildman–Crippen LogP) is 2.49. The van der Waals surface area contributed by atoms with Crippen LogP contribution in [0.4, 0.5) is 0 Å². The lowest BCUT2D eigenvalue weighted by Crippen LogP contribution is -2.28. The fourth-order valence-electron chi connectivity index (χ4n) is 2.68. The fourth-order valence-corrected chi connectivity index (χ4v) is 3.92. The van der Waals surface area contributed by atoms with Crippen LogP contribution in [-0.2, 0) is 10.0 Å². The SMILES string of the molecule is CCNC(=O)c1cc(S(=O)(=O)N[C@@H](C)c2ccccc2OC)ccc1OC. The smallest absolute Gasteiger partial charge is 0.255 e. The highest BCUT2D eigenvalue weighted by atomic mass is 32.2. The molecule has 0 radical (unpaired) electrons. The Morgan fingerprint density at radius 3 is 2.37 bits per heavy atom. The molecule has 146 valence electrons. The van der Waals surface area contributed by atoms with Crippen LogP contribution in [0.1, 0.15) is 35.8 Å². The van der Waals surface area contributed by atoms with Crippen molar-refractivity contribution in [3.63, 3.8) is 0 Å². The second-order valence-electron chi connectivity index (χ2n) is 5.81. The third kappa shape index (κ3) is 4.78. The number of sulfonamides is 1. The Bertz CT molecular complexity index is 912. The number of carbonyl (C=O) groups excluding carboxylic acids is 1. The fraction of sp³-hybridized carbons (Fsp3) is 0.316. The van der Waals surface area contributed by atoms with Crippen molar-refractivity contribution in [1.82, 2.24) is 10.0 Å². The zero-order valence-electron chi connectivity index (χ0n) is 15.8. The van der Waals surface area contributed by atoms with Gasteiger partial charge in [-0.2, -0.15) is 0 Å². The summed E-state index contributed by atoms with van der Waals surface area (Å²) in [6.45, 7) is 3.92. The van der Waals surface area contributed by atoms with E-state index in [1.165, 1.54) is 32.4 Å². The quantitative estimate of drug-likeness (QED) is 0.720. The van der Waals surface area contributed by atoms with Gasteiger partial charge < -0.3 is 14.8 Å². The number of carbonyl (C=O) groups is 1. The van der Waals surface area contributed by atoms with Gasteiger partial charge in [-0.05, 0) is 38.1 Å². The number of hydrogen-bond donors (Lipinski definition) is 2. The van der Waals surface area contributed by atoms with Gasteiger partial charge in [0.15, 0.2) is 0 Å². The zero-order valence-corrected chi connectivity index (χ0v) is 16.6.